The number of amides is 1. The number of hydrogen-bond donors (Lipinski definition) is 2. The van der Waals surface area contributed by atoms with Crippen LogP contribution in [0.5, 0.6) is 0 Å². The maximum absolute atomic E-state index is 16.8. The van der Waals surface area contributed by atoms with Crippen LogP contribution in [0, 0.1) is 16.7 Å². The first-order valence-corrected chi connectivity index (χ1v) is 26.9. The minimum absolute atomic E-state index is 0.0352. The van der Waals surface area contributed by atoms with Crippen molar-refractivity contribution in [2.24, 2.45) is 16.7 Å². The molecule has 3 aromatic carbocycles. The fraction of sp³-hybridized carbons (Fsp3) is 0.500. The van der Waals surface area contributed by atoms with Crippen LogP contribution in [0.1, 0.15) is 114 Å². The smallest absolute Gasteiger partial charge is 0.338 e. The number of aliphatic hydroxyl groups is 1. The highest BCUT2D eigenvalue weighted by Gasteiger charge is 2.80. The van der Waals surface area contributed by atoms with Gasteiger partial charge in [0, 0.05) is 72.5 Å². The van der Waals surface area contributed by atoms with Gasteiger partial charge in [0.2, 0.25) is 6.29 Å². The predicted molar refractivity (Wildman–Crippen MR) is 286 cm³/mol. The molecule has 3 aromatic rings. The molecule has 1 heterocycles. The third-order valence-electron chi connectivity index (χ3n) is 15.8. The van der Waals surface area contributed by atoms with Gasteiger partial charge in [0.25, 0.3) is 18.5 Å². The zero-order valence-electron chi connectivity index (χ0n) is 48.3. The minimum atomic E-state index is -2.43. The van der Waals surface area contributed by atoms with Crippen LogP contribution in [-0.2, 0) is 95.2 Å². The molecule has 24 heteroatoms. The summed E-state index contributed by atoms with van der Waals surface area (Å²) in [6.07, 6.45) is -17.6. The number of fused-ring (bicyclic) bond motifs is 5. The van der Waals surface area contributed by atoms with Gasteiger partial charge < -0.3 is 67.3 Å². The summed E-state index contributed by atoms with van der Waals surface area (Å²) in [5.41, 5.74) is -8.42. The normalized spacial score (nSPS) is 27.1. The largest absolute Gasteiger partial charge is 0.456 e. The number of esters is 8. The first kappa shape index (κ1) is 63.7. The second-order valence-corrected chi connectivity index (χ2v) is 21.6. The number of aliphatic hydroxyl groups excluding tert-OH is 1. The molecule has 13 atom stereocenters. The number of hydrogen-bond acceptors (Lipinski definition) is 23. The maximum Gasteiger partial charge on any atom is 0.338 e. The number of rotatable bonds is 21. The molecule has 2 N–H and O–H groups in total. The number of benzene rings is 3. The molecule has 2 bridgehead atoms. The number of carbonyl (C=O) groups excluding carboxylic acids is 10. The SMILES string of the molecule is COC(OC(C)=O)[C@@H](OCC(OC(C)=O)OC(C)=O)O[C@H]1C[C@H]2OC[C@@]2(OC(C)=O)[C@H]2[C@H](OC(=O)c3ccccc3)[C@]3(OC(C)=O)C[C@H](OC(=O)[C@H](O)[C@@H](NC(=O)c4ccccc4)c4ccccc4)C(C)=C([C@@H](OC(C)=O)C(=O)[C@]12C)C3(C)C. The molecule has 1 unspecified atom stereocenters. The van der Waals surface area contributed by atoms with E-state index in [1.54, 1.807) is 54.6 Å². The molecular weight excluding hydrogens is 1100 g/mol. The molecule has 84 heavy (non-hydrogen) atoms. The fourth-order valence-electron chi connectivity index (χ4n) is 12.2. The zero-order valence-corrected chi connectivity index (χ0v) is 48.3. The lowest BCUT2D eigenvalue weighted by Gasteiger charge is -2.68. The predicted octanol–water partition coefficient (Wildman–Crippen LogP) is 4.66. The van der Waals surface area contributed by atoms with E-state index in [0.29, 0.717) is 0 Å². The zero-order chi connectivity index (χ0) is 61.6. The lowest BCUT2D eigenvalue weighted by Crippen LogP contribution is -2.82. The number of carbonyl (C=O) groups is 10. The van der Waals surface area contributed by atoms with Gasteiger partial charge in [-0.3, -0.25) is 38.4 Å². The van der Waals surface area contributed by atoms with Crippen LogP contribution in [0.25, 0.3) is 0 Å². The molecule has 3 aliphatic carbocycles. The summed E-state index contributed by atoms with van der Waals surface area (Å²) >= 11 is 0. The summed E-state index contributed by atoms with van der Waals surface area (Å²) in [5, 5.41) is 14.9. The van der Waals surface area contributed by atoms with Gasteiger partial charge >= 0.3 is 47.8 Å². The van der Waals surface area contributed by atoms with Crippen LogP contribution in [0.3, 0.4) is 0 Å². The molecule has 4 aliphatic rings. The highest BCUT2D eigenvalue weighted by atomic mass is 16.8. The molecule has 0 spiro atoms. The molecule has 1 saturated heterocycles. The number of Topliss-reactive ketones (excluding diaryl/α,β-unsaturated/α-hetero) is 1. The van der Waals surface area contributed by atoms with E-state index in [0.717, 1.165) is 48.7 Å². The fourth-order valence-corrected chi connectivity index (χ4v) is 12.2. The second kappa shape index (κ2) is 25.9. The van der Waals surface area contributed by atoms with Crippen molar-refractivity contribution in [3.63, 3.8) is 0 Å². The summed E-state index contributed by atoms with van der Waals surface area (Å²) in [4.78, 5) is 139. The average Bonchev–Trinajstić information content (AvgIpc) is 1.34. The van der Waals surface area contributed by atoms with Crippen molar-refractivity contribution in [2.75, 3.05) is 20.3 Å². The molecule has 1 amide bonds. The van der Waals surface area contributed by atoms with E-state index in [4.69, 9.17) is 56.8 Å². The van der Waals surface area contributed by atoms with Gasteiger partial charge in [-0.1, -0.05) is 80.6 Å². The monoisotopic (exact) mass is 1170 g/mol. The van der Waals surface area contributed by atoms with Crippen molar-refractivity contribution < 1.29 is 110 Å². The van der Waals surface area contributed by atoms with Gasteiger partial charge in [0.05, 0.1) is 35.6 Å². The van der Waals surface area contributed by atoms with Crippen LogP contribution < -0.4 is 5.32 Å². The first-order valence-electron chi connectivity index (χ1n) is 26.9. The van der Waals surface area contributed by atoms with Crippen molar-refractivity contribution >= 4 is 59.4 Å². The minimum Gasteiger partial charge on any atom is -0.456 e. The molecule has 0 aromatic heterocycles. The van der Waals surface area contributed by atoms with Crippen molar-refractivity contribution in [1.82, 2.24) is 5.32 Å². The average molecular weight is 1170 g/mol. The van der Waals surface area contributed by atoms with E-state index >= 15 is 9.59 Å². The third-order valence-corrected chi connectivity index (χ3v) is 15.8. The van der Waals surface area contributed by atoms with Crippen LogP contribution in [0.4, 0.5) is 0 Å². The highest BCUT2D eigenvalue weighted by molar-refractivity contribution is 5.96. The van der Waals surface area contributed by atoms with Crippen molar-refractivity contribution in [3.05, 3.63) is 119 Å². The summed E-state index contributed by atoms with van der Waals surface area (Å²) in [7, 11) is 1.11. The first-order chi connectivity index (χ1) is 39.6. The van der Waals surface area contributed by atoms with E-state index in [-0.39, 0.29) is 27.8 Å². The molecule has 0 radical (unpaired) electrons. The van der Waals surface area contributed by atoms with Crippen LogP contribution in [0.15, 0.2) is 102 Å². The molecule has 3 fully saturated rings. The Balaban J connectivity index is 1.50. The molecule has 1 aliphatic heterocycles. The third kappa shape index (κ3) is 12.9. The van der Waals surface area contributed by atoms with Gasteiger partial charge in [-0.15, -0.1) is 0 Å². The van der Waals surface area contributed by atoms with Crippen molar-refractivity contribution in [3.8, 4) is 0 Å². The number of nitrogens with one attached hydrogen (secondary N) is 1. The Bertz CT molecular complexity index is 3000. The summed E-state index contributed by atoms with van der Waals surface area (Å²) < 4.78 is 72.7. The van der Waals surface area contributed by atoms with Gasteiger partial charge in [-0.05, 0) is 54.8 Å². The van der Waals surface area contributed by atoms with Gasteiger partial charge in [0.1, 0.15) is 18.8 Å². The van der Waals surface area contributed by atoms with Crippen molar-refractivity contribution in [1.29, 1.82) is 0 Å². The standard InChI is InChI=1S/C60H69NO23/c1-31-41(80-54(72)47(68)46(38-21-15-12-16-22-38)61-52(70)39-23-17-13-18-24-39)28-60(84-37(7)67)51(82-53(71)40-25-19-14-20-26-40)49-58(10,50(69)48(78-34(4)64)45(31)57(60,8)9)42(27-43-59(49,30-75-43)83-36(6)66)81-56(55(73-11)79-35(5)65)74-29-44(76-32(2)62)77-33(3)63/h12-26,41-44,46-49,51,55-56,68H,27-30H2,1-11H3,(H,61,70)/t41-,42-,43+,46-,47+,48+,49-,51-,55?,56-,58+,59-,60+/m0/s1. The second-order valence-electron chi connectivity index (χ2n) is 21.6. The molecule has 2 saturated carbocycles. The van der Waals surface area contributed by atoms with Gasteiger partial charge in [0.15, 0.2) is 35.3 Å². The number of methoxy groups -OCH3 is 1. The topological polar surface area (TPSA) is 314 Å². The number of ketones is 1. The Morgan fingerprint density at radius 2 is 1.25 bits per heavy atom. The van der Waals surface area contributed by atoms with E-state index < -0.39 is 175 Å². The molecule has 24 nitrogen and oxygen atoms in total. The Morgan fingerprint density at radius 1 is 0.690 bits per heavy atom. The quantitative estimate of drug-likeness (QED) is 0.0634. The lowest BCUT2D eigenvalue weighted by atomic mass is 9.44. The molecule has 452 valence electrons. The Morgan fingerprint density at radius 3 is 1.76 bits per heavy atom. The highest BCUT2D eigenvalue weighted by Crippen LogP contribution is 2.66. The Hall–Kier alpha value is -7.90. The van der Waals surface area contributed by atoms with Crippen LogP contribution >= 0.6 is 0 Å². The summed E-state index contributed by atoms with van der Waals surface area (Å²) in [6.45, 7) is 10.8. The Kier molecular flexibility index (Phi) is 19.7. The van der Waals surface area contributed by atoms with E-state index in [1.807, 2.05) is 0 Å². The maximum atomic E-state index is 16.8. The Labute approximate surface area is 483 Å². The van der Waals surface area contributed by atoms with Crippen LogP contribution in [-0.4, -0.2) is 152 Å². The van der Waals surface area contributed by atoms with Crippen LogP contribution in [0.2, 0.25) is 0 Å². The molecular formula is C60H69NO23. The lowest BCUT2D eigenvalue weighted by molar-refractivity contribution is -0.368. The van der Waals surface area contributed by atoms with Crippen molar-refractivity contribution in [2.45, 2.75) is 155 Å². The van der Waals surface area contributed by atoms with Gasteiger partial charge in [-0.2, -0.15) is 0 Å². The van der Waals surface area contributed by atoms with E-state index in [2.05, 4.69) is 5.32 Å². The van der Waals surface area contributed by atoms with Gasteiger partial charge in [-0.25, -0.2) is 9.59 Å². The van der Waals surface area contributed by atoms with E-state index in [9.17, 15) is 43.5 Å². The summed E-state index contributed by atoms with van der Waals surface area (Å²) in [6, 6.07) is 22.1. The number of ether oxygens (including phenoxy) is 12. The van der Waals surface area contributed by atoms with E-state index in [1.165, 1.54) is 64.1 Å². The summed E-state index contributed by atoms with van der Waals surface area (Å²) in [5.74, 6) is -11.6. The molecule has 7 rings (SSSR count).